The molecule has 3 aromatic rings. The Kier molecular flexibility index (Phi) is 4.24. The van der Waals surface area contributed by atoms with Crippen molar-refractivity contribution in [3.63, 3.8) is 0 Å². The van der Waals surface area contributed by atoms with Crippen LogP contribution in [0.3, 0.4) is 0 Å². The lowest BCUT2D eigenvalue weighted by Gasteiger charge is -2.04. The smallest absolute Gasteiger partial charge is 0.269 e. The third kappa shape index (κ3) is 3.49. The zero-order valence-corrected chi connectivity index (χ0v) is 12.8. The molecule has 0 aliphatic heterocycles. The van der Waals surface area contributed by atoms with Crippen LogP contribution in [0.1, 0.15) is 26.6 Å². The number of hydrogen-bond acceptors (Lipinski definition) is 7. The Morgan fingerprint density at radius 3 is 2.65 bits per heavy atom. The number of nitrogen functional groups attached to an aromatic ring is 1. The molecule has 0 bridgehead atoms. The Morgan fingerprint density at radius 2 is 1.96 bits per heavy atom. The van der Waals surface area contributed by atoms with Gasteiger partial charge in [-0.3, -0.25) is 9.59 Å². The molecule has 0 saturated carbocycles. The molecule has 0 atom stereocenters. The van der Waals surface area contributed by atoms with Crippen molar-refractivity contribution >= 4 is 28.6 Å². The zero-order chi connectivity index (χ0) is 16.2. The molecule has 1 aromatic carbocycles. The van der Waals surface area contributed by atoms with Gasteiger partial charge in [0.05, 0.1) is 0 Å². The summed E-state index contributed by atoms with van der Waals surface area (Å²) in [4.78, 5) is 25.0. The highest BCUT2D eigenvalue weighted by atomic mass is 32.1. The van der Waals surface area contributed by atoms with Crippen molar-refractivity contribution in [2.45, 2.75) is 12.8 Å². The fourth-order valence-corrected chi connectivity index (χ4v) is 3.07. The lowest BCUT2D eigenvalue weighted by atomic mass is 10.0. The van der Waals surface area contributed by atoms with E-state index in [1.165, 1.54) is 0 Å². The van der Waals surface area contributed by atoms with Gasteiger partial charge in [-0.1, -0.05) is 12.1 Å². The van der Waals surface area contributed by atoms with E-state index in [0.717, 1.165) is 16.0 Å². The van der Waals surface area contributed by atoms with E-state index < -0.39 is 11.6 Å². The third-order valence-electron chi connectivity index (χ3n) is 3.33. The lowest BCUT2D eigenvalue weighted by molar-refractivity contribution is -0.114. The minimum atomic E-state index is -0.733. The molecule has 8 heteroatoms. The van der Waals surface area contributed by atoms with Gasteiger partial charge in [0.1, 0.15) is 0 Å². The van der Waals surface area contributed by atoms with E-state index in [9.17, 15) is 9.59 Å². The Hall–Kier alpha value is -2.87. The van der Waals surface area contributed by atoms with Gasteiger partial charge in [0.25, 0.3) is 5.78 Å². The molecule has 0 saturated heterocycles. The topological polar surface area (TPSA) is 115 Å². The second-order valence-electron chi connectivity index (χ2n) is 4.95. The zero-order valence-electron chi connectivity index (χ0n) is 12.0. The summed E-state index contributed by atoms with van der Waals surface area (Å²) in [6.07, 6.45) is 0.720. The molecule has 0 aliphatic rings. The number of benzene rings is 1. The van der Waals surface area contributed by atoms with Crippen LogP contribution in [-0.4, -0.2) is 32.2 Å². The molecule has 0 unspecified atom stereocenters. The first-order valence-electron chi connectivity index (χ1n) is 6.84. The van der Waals surface area contributed by atoms with E-state index >= 15 is 0 Å². The average molecular weight is 327 g/mol. The SMILES string of the molecule is Nc1ccc(Cc2sccc2CC(=O)C(=O)c2nn[nH]n2)cc1. The number of tetrazole rings is 1. The molecule has 23 heavy (non-hydrogen) atoms. The summed E-state index contributed by atoms with van der Waals surface area (Å²) in [6, 6.07) is 9.44. The highest BCUT2D eigenvalue weighted by Crippen LogP contribution is 2.22. The summed E-state index contributed by atoms with van der Waals surface area (Å²) in [7, 11) is 0. The molecule has 3 rings (SSSR count). The third-order valence-corrected chi connectivity index (χ3v) is 4.30. The van der Waals surface area contributed by atoms with E-state index in [0.29, 0.717) is 12.1 Å². The van der Waals surface area contributed by atoms with Gasteiger partial charge < -0.3 is 5.73 Å². The van der Waals surface area contributed by atoms with E-state index in [4.69, 9.17) is 5.73 Å². The van der Waals surface area contributed by atoms with Gasteiger partial charge in [-0.15, -0.1) is 21.5 Å². The van der Waals surface area contributed by atoms with Gasteiger partial charge in [0.2, 0.25) is 11.6 Å². The van der Waals surface area contributed by atoms with Crippen LogP contribution in [0.2, 0.25) is 0 Å². The summed E-state index contributed by atoms with van der Waals surface area (Å²) in [6.45, 7) is 0. The minimum Gasteiger partial charge on any atom is -0.399 e. The van der Waals surface area contributed by atoms with Gasteiger partial charge in [-0.2, -0.15) is 5.21 Å². The van der Waals surface area contributed by atoms with Gasteiger partial charge >= 0.3 is 0 Å². The predicted octanol–water partition coefficient (Wildman–Crippen LogP) is 1.43. The van der Waals surface area contributed by atoms with E-state index in [-0.39, 0.29) is 12.2 Å². The Bertz CT molecular complexity index is 824. The molecule has 0 aliphatic carbocycles. The highest BCUT2D eigenvalue weighted by molar-refractivity contribution is 7.10. The average Bonchev–Trinajstić information content (AvgIpc) is 3.21. The van der Waals surface area contributed by atoms with Crippen molar-refractivity contribution < 1.29 is 9.59 Å². The van der Waals surface area contributed by atoms with Crippen molar-refractivity contribution in [3.8, 4) is 0 Å². The van der Waals surface area contributed by atoms with Crippen molar-refractivity contribution in [2.24, 2.45) is 0 Å². The number of nitrogens with one attached hydrogen (secondary N) is 1. The van der Waals surface area contributed by atoms with E-state index in [1.807, 2.05) is 35.7 Å². The summed E-state index contributed by atoms with van der Waals surface area (Å²) < 4.78 is 0. The van der Waals surface area contributed by atoms with Crippen molar-refractivity contribution in [1.82, 2.24) is 20.6 Å². The molecule has 0 radical (unpaired) electrons. The molecule has 0 fully saturated rings. The molecular weight excluding hydrogens is 314 g/mol. The number of H-pyrrole nitrogens is 1. The quantitative estimate of drug-likeness (QED) is 0.402. The van der Waals surface area contributed by atoms with Crippen LogP contribution in [0.15, 0.2) is 35.7 Å². The maximum Gasteiger partial charge on any atom is 0.269 e. The minimum absolute atomic E-state index is 0.0289. The monoisotopic (exact) mass is 327 g/mol. The number of rotatable bonds is 6. The van der Waals surface area contributed by atoms with Gasteiger partial charge in [0, 0.05) is 23.4 Å². The van der Waals surface area contributed by atoms with Crippen molar-refractivity contribution in [1.29, 1.82) is 0 Å². The normalized spacial score (nSPS) is 10.6. The maximum absolute atomic E-state index is 12.1. The molecule has 2 aromatic heterocycles. The first-order chi connectivity index (χ1) is 11.1. The summed E-state index contributed by atoms with van der Waals surface area (Å²) in [5.41, 5.74) is 8.32. The van der Waals surface area contributed by atoms with Crippen LogP contribution >= 0.6 is 11.3 Å². The summed E-state index contributed by atoms with van der Waals surface area (Å²) in [5, 5.41) is 14.4. The summed E-state index contributed by atoms with van der Waals surface area (Å²) in [5.74, 6) is -1.49. The van der Waals surface area contributed by atoms with E-state index in [2.05, 4.69) is 20.6 Å². The van der Waals surface area contributed by atoms with Gasteiger partial charge in [0.15, 0.2) is 0 Å². The number of carbonyl (C=O) groups excluding carboxylic acids is 2. The van der Waals surface area contributed by atoms with Crippen LogP contribution in [-0.2, 0) is 17.6 Å². The highest BCUT2D eigenvalue weighted by Gasteiger charge is 2.22. The molecule has 116 valence electrons. The van der Waals surface area contributed by atoms with Crippen LogP contribution in [0.5, 0.6) is 0 Å². The van der Waals surface area contributed by atoms with Crippen LogP contribution in [0.25, 0.3) is 0 Å². The number of nitrogens with zero attached hydrogens (tertiary/aromatic N) is 3. The Morgan fingerprint density at radius 1 is 1.17 bits per heavy atom. The molecule has 7 nitrogen and oxygen atoms in total. The number of carbonyl (C=O) groups is 2. The molecule has 2 heterocycles. The number of ketones is 2. The standard InChI is InChI=1S/C15H13N5O2S/c16-11-3-1-9(2-4-11)7-13-10(5-6-23-13)8-12(21)14(22)15-17-19-20-18-15/h1-6H,7-8,16H2,(H,17,18,19,20). The molecule has 0 spiro atoms. The second kappa shape index (κ2) is 6.49. The Balaban J connectivity index is 1.72. The van der Waals surface area contributed by atoms with Crippen molar-refractivity contribution in [3.05, 3.63) is 57.5 Å². The molecule has 3 N–H and O–H groups in total. The second-order valence-corrected chi connectivity index (χ2v) is 5.95. The van der Waals surface area contributed by atoms with Crippen LogP contribution < -0.4 is 5.73 Å². The van der Waals surface area contributed by atoms with E-state index in [1.54, 1.807) is 11.3 Å². The summed E-state index contributed by atoms with van der Waals surface area (Å²) >= 11 is 1.56. The number of hydrogen-bond donors (Lipinski definition) is 2. The van der Waals surface area contributed by atoms with Crippen LogP contribution in [0, 0.1) is 0 Å². The van der Waals surface area contributed by atoms with Gasteiger partial charge in [-0.25, -0.2) is 0 Å². The van der Waals surface area contributed by atoms with Crippen LogP contribution in [0.4, 0.5) is 5.69 Å². The fourth-order valence-electron chi connectivity index (χ4n) is 2.14. The fraction of sp³-hybridized carbons (Fsp3) is 0.133. The lowest BCUT2D eigenvalue weighted by Crippen LogP contribution is -2.18. The first-order valence-corrected chi connectivity index (χ1v) is 7.72. The molecule has 0 amide bonds. The number of thiophene rings is 1. The number of anilines is 1. The van der Waals surface area contributed by atoms with Gasteiger partial charge in [-0.05, 0) is 39.9 Å². The maximum atomic E-state index is 12.1. The number of Topliss-reactive ketones (excluding diaryl/α,β-unsaturated/α-hetero) is 2. The predicted molar refractivity (Wildman–Crippen MR) is 85.2 cm³/mol. The molecular formula is C15H13N5O2S. The first kappa shape index (κ1) is 15.0. The number of aromatic nitrogens is 4. The Labute approximate surface area is 135 Å². The number of aromatic amines is 1. The van der Waals surface area contributed by atoms with Crippen molar-refractivity contribution in [2.75, 3.05) is 5.73 Å². The number of nitrogens with two attached hydrogens (primary N) is 1. The largest absolute Gasteiger partial charge is 0.399 e.